The first kappa shape index (κ1) is 13.2. The second kappa shape index (κ2) is 6.05. The highest BCUT2D eigenvalue weighted by atomic mass is 32.1. The van der Waals surface area contributed by atoms with Crippen LogP contribution < -0.4 is 11.2 Å². The zero-order valence-electron chi connectivity index (χ0n) is 9.68. The van der Waals surface area contributed by atoms with Crippen LogP contribution in [0, 0.1) is 11.8 Å². The van der Waals surface area contributed by atoms with E-state index in [9.17, 15) is 4.91 Å². The van der Waals surface area contributed by atoms with Gasteiger partial charge in [-0.3, -0.25) is 5.43 Å². The largest absolute Gasteiger partial charge is 0.375 e. The number of nitrogens with zero attached hydrogens (tertiary/aromatic N) is 2. The van der Waals surface area contributed by atoms with E-state index in [1.165, 1.54) is 0 Å². The Morgan fingerprint density at radius 2 is 2.24 bits per heavy atom. The second-order valence-electron chi connectivity index (χ2n) is 3.62. The predicted octanol–water partition coefficient (Wildman–Crippen LogP) is 1.69. The van der Waals surface area contributed by atoms with Crippen LogP contribution >= 0.6 is 12.2 Å². The van der Waals surface area contributed by atoms with E-state index in [-0.39, 0.29) is 5.11 Å². The van der Waals surface area contributed by atoms with Gasteiger partial charge in [0, 0.05) is 5.56 Å². The first-order chi connectivity index (χ1) is 8.04. The van der Waals surface area contributed by atoms with Crippen LogP contribution in [-0.4, -0.2) is 16.9 Å². The Kier molecular flexibility index (Phi) is 4.71. The van der Waals surface area contributed by atoms with Gasteiger partial charge in [0.25, 0.3) is 0 Å². The van der Waals surface area contributed by atoms with Crippen LogP contribution in [0.15, 0.2) is 34.5 Å². The number of nitrogens with one attached hydrogen (secondary N) is 1. The lowest BCUT2D eigenvalue weighted by atomic mass is 10.0. The minimum Gasteiger partial charge on any atom is -0.375 e. The minimum atomic E-state index is -0.571. The number of benzene rings is 1. The summed E-state index contributed by atoms with van der Waals surface area (Å²) < 4.78 is 0. The summed E-state index contributed by atoms with van der Waals surface area (Å²) in [6.45, 7) is 3.62. The van der Waals surface area contributed by atoms with Gasteiger partial charge >= 0.3 is 0 Å². The molecule has 0 fully saturated rings. The fraction of sp³-hybridized carbons (Fsp3) is 0.273. The van der Waals surface area contributed by atoms with Crippen molar-refractivity contribution in [3.05, 3.63) is 40.3 Å². The monoisotopic (exact) mass is 250 g/mol. The van der Waals surface area contributed by atoms with Gasteiger partial charge in [-0.25, -0.2) is 0 Å². The van der Waals surface area contributed by atoms with Crippen molar-refractivity contribution in [1.82, 2.24) is 5.43 Å². The zero-order valence-corrected chi connectivity index (χ0v) is 10.5. The van der Waals surface area contributed by atoms with Crippen LogP contribution in [0.5, 0.6) is 0 Å². The molecular formula is C11H14N4OS. The molecule has 0 saturated carbocycles. The summed E-state index contributed by atoms with van der Waals surface area (Å²) in [6.07, 6.45) is 0. The summed E-state index contributed by atoms with van der Waals surface area (Å²) in [5.41, 5.74) is 10.2. The van der Waals surface area contributed by atoms with Crippen molar-refractivity contribution >= 4 is 23.0 Å². The van der Waals surface area contributed by atoms with Gasteiger partial charge in [0.1, 0.15) is 6.04 Å². The molecule has 0 aliphatic carbocycles. The summed E-state index contributed by atoms with van der Waals surface area (Å²) >= 11 is 4.66. The molecule has 5 nitrogen and oxygen atoms in total. The number of nitrogens with two attached hydrogens (primary N) is 1. The number of rotatable bonds is 4. The maximum Gasteiger partial charge on any atom is 0.184 e. The third kappa shape index (κ3) is 3.92. The highest BCUT2D eigenvalue weighted by Gasteiger charge is 2.13. The molecule has 90 valence electrons. The topological polar surface area (TPSA) is 79.8 Å². The molecule has 6 heteroatoms. The molecular weight excluding hydrogens is 236 g/mol. The molecule has 17 heavy (non-hydrogen) atoms. The Balaban J connectivity index is 3.10. The summed E-state index contributed by atoms with van der Waals surface area (Å²) in [4.78, 5) is 10.6. The maximum atomic E-state index is 10.6. The van der Waals surface area contributed by atoms with E-state index in [1.54, 1.807) is 6.92 Å². The molecule has 1 atom stereocenters. The molecule has 0 amide bonds. The Bertz CT molecular complexity index is 459. The molecule has 3 N–H and O–H groups in total. The van der Waals surface area contributed by atoms with Gasteiger partial charge < -0.3 is 5.73 Å². The summed E-state index contributed by atoms with van der Waals surface area (Å²) in [6, 6.07) is 7.05. The Labute approximate surface area is 105 Å². The molecule has 1 aromatic rings. The molecule has 0 aliphatic rings. The Morgan fingerprint density at radius 3 is 2.76 bits per heavy atom. The lowest BCUT2D eigenvalue weighted by molar-refractivity contribution is 0.923. The summed E-state index contributed by atoms with van der Waals surface area (Å²) in [7, 11) is 0. The molecule has 1 unspecified atom stereocenters. The van der Waals surface area contributed by atoms with E-state index in [2.05, 4.69) is 27.9 Å². The lowest BCUT2D eigenvalue weighted by Gasteiger charge is -2.09. The van der Waals surface area contributed by atoms with Crippen molar-refractivity contribution in [3.63, 3.8) is 0 Å². The molecule has 1 rings (SSSR count). The van der Waals surface area contributed by atoms with Gasteiger partial charge in [0.05, 0.1) is 5.71 Å². The summed E-state index contributed by atoms with van der Waals surface area (Å²) in [5.74, 6) is 0. The average Bonchev–Trinajstić information content (AvgIpc) is 2.28. The van der Waals surface area contributed by atoms with Crippen LogP contribution in [0.4, 0.5) is 0 Å². The Hall–Kier alpha value is -1.82. The SMILES string of the molecule is Cc1cccc(C(=NNC(N)=S)C(C)N=O)c1. The molecule has 0 radical (unpaired) electrons. The number of thiocarbonyl (C=S) groups is 1. The van der Waals surface area contributed by atoms with Crippen LogP contribution in [-0.2, 0) is 0 Å². The van der Waals surface area contributed by atoms with Crippen LogP contribution in [0.3, 0.4) is 0 Å². The summed E-state index contributed by atoms with van der Waals surface area (Å²) in [5, 5.41) is 7.03. The molecule has 0 aromatic heterocycles. The first-order valence-corrected chi connectivity index (χ1v) is 5.48. The van der Waals surface area contributed by atoms with E-state index in [4.69, 9.17) is 5.73 Å². The molecule has 0 heterocycles. The number of aryl methyl sites for hydroxylation is 1. The second-order valence-corrected chi connectivity index (χ2v) is 4.06. The average molecular weight is 250 g/mol. The van der Waals surface area contributed by atoms with E-state index in [1.807, 2.05) is 31.2 Å². The number of nitroso groups, excluding NO2 is 1. The van der Waals surface area contributed by atoms with Gasteiger partial charge in [-0.05, 0) is 26.1 Å². The number of hydrogen-bond acceptors (Lipinski definition) is 4. The van der Waals surface area contributed by atoms with E-state index in [0.717, 1.165) is 11.1 Å². The highest BCUT2D eigenvalue weighted by Crippen LogP contribution is 2.09. The van der Waals surface area contributed by atoms with Gasteiger partial charge in [0.2, 0.25) is 0 Å². The predicted molar refractivity (Wildman–Crippen MR) is 72.9 cm³/mol. The first-order valence-electron chi connectivity index (χ1n) is 5.07. The molecule has 0 aliphatic heterocycles. The zero-order chi connectivity index (χ0) is 12.8. The smallest absolute Gasteiger partial charge is 0.184 e. The van der Waals surface area contributed by atoms with Crippen molar-refractivity contribution in [2.45, 2.75) is 19.9 Å². The highest BCUT2D eigenvalue weighted by molar-refractivity contribution is 7.80. The Morgan fingerprint density at radius 1 is 1.53 bits per heavy atom. The fourth-order valence-electron chi connectivity index (χ4n) is 1.37. The van der Waals surface area contributed by atoms with Gasteiger partial charge in [0.15, 0.2) is 5.11 Å². The van der Waals surface area contributed by atoms with E-state index in [0.29, 0.717) is 5.71 Å². The van der Waals surface area contributed by atoms with Gasteiger partial charge in [-0.2, -0.15) is 10.0 Å². The van der Waals surface area contributed by atoms with Crippen molar-refractivity contribution in [3.8, 4) is 0 Å². The number of hydrazone groups is 1. The van der Waals surface area contributed by atoms with Crippen molar-refractivity contribution in [2.75, 3.05) is 0 Å². The van der Waals surface area contributed by atoms with Crippen molar-refractivity contribution < 1.29 is 0 Å². The molecule has 0 saturated heterocycles. The van der Waals surface area contributed by atoms with Crippen LogP contribution in [0.2, 0.25) is 0 Å². The molecule has 0 bridgehead atoms. The van der Waals surface area contributed by atoms with E-state index >= 15 is 0 Å². The fourth-order valence-corrected chi connectivity index (χ4v) is 1.41. The number of hydrogen-bond donors (Lipinski definition) is 2. The van der Waals surface area contributed by atoms with Gasteiger partial charge in [-0.1, -0.05) is 35.0 Å². The molecule has 0 spiro atoms. The van der Waals surface area contributed by atoms with Crippen LogP contribution in [0.25, 0.3) is 0 Å². The normalized spacial score (nSPS) is 12.9. The van der Waals surface area contributed by atoms with Gasteiger partial charge in [-0.15, -0.1) is 0 Å². The molecule has 1 aromatic carbocycles. The van der Waals surface area contributed by atoms with Crippen LogP contribution in [0.1, 0.15) is 18.1 Å². The van der Waals surface area contributed by atoms with Crippen molar-refractivity contribution in [2.24, 2.45) is 16.0 Å². The van der Waals surface area contributed by atoms with Crippen molar-refractivity contribution in [1.29, 1.82) is 0 Å². The maximum absolute atomic E-state index is 10.6. The van der Waals surface area contributed by atoms with E-state index < -0.39 is 6.04 Å². The lowest BCUT2D eigenvalue weighted by Crippen LogP contribution is -2.28. The standard InChI is InChI=1S/C11H14N4OS/c1-7-4-3-5-9(6-7)10(8(2)15-16)13-14-11(12)17/h3-6,8H,1-2H3,(H3,12,14,17). The third-order valence-corrected chi connectivity index (χ3v) is 2.25. The third-order valence-electron chi connectivity index (χ3n) is 2.15. The minimum absolute atomic E-state index is 0.0493. The quantitative estimate of drug-likeness (QED) is 0.369.